The van der Waals surface area contributed by atoms with Crippen LogP contribution in [-0.2, 0) is 9.59 Å². The lowest BCUT2D eigenvalue weighted by atomic mass is 9.84. The van der Waals surface area contributed by atoms with Crippen LogP contribution in [0.4, 0.5) is 0 Å². The van der Waals surface area contributed by atoms with Gasteiger partial charge in [0, 0.05) is 19.5 Å². The molecule has 2 aliphatic rings. The Morgan fingerprint density at radius 3 is 2.71 bits per heavy atom. The fourth-order valence-corrected chi connectivity index (χ4v) is 3.95. The summed E-state index contributed by atoms with van der Waals surface area (Å²) in [6, 6.07) is 2.42. The Labute approximate surface area is 140 Å². The molecule has 3 rings (SSSR count). The monoisotopic (exact) mass is 334 g/mol. The SMILES string of the molecule is O=C(NCCC(=O)N1CC2(CCCC2)CC1C(=O)O)c1ccco1. The van der Waals surface area contributed by atoms with Crippen molar-refractivity contribution in [2.75, 3.05) is 13.1 Å². The molecule has 2 heterocycles. The van der Waals surface area contributed by atoms with E-state index in [0.717, 1.165) is 25.7 Å². The van der Waals surface area contributed by atoms with Crippen LogP contribution in [0, 0.1) is 5.41 Å². The molecule has 2 N–H and O–H groups in total. The van der Waals surface area contributed by atoms with Crippen LogP contribution in [0.2, 0.25) is 0 Å². The predicted molar refractivity (Wildman–Crippen MR) is 84.3 cm³/mol. The molecule has 1 aliphatic heterocycles. The Hall–Kier alpha value is -2.31. The Bertz CT molecular complexity index is 619. The first-order valence-electron chi connectivity index (χ1n) is 8.35. The minimum atomic E-state index is -0.938. The average Bonchev–Trinajstić information content (AvgIpc) is 3.28. The van der Waals surface area contributed by atoms with E-state index < -0.39 is 12.0 Å². The molecular weight excluding hydrogens is 312 g/mol. The quantitative estimate of drug-likeness (QED) is 0.853. The Balaban J connectivity index is 1.55. The van der Waals surface area contributed by atoms with Crippen molar-refractivity contribution in [3.8, 4) is 0 Å². The summed E-state index contributed by atoms with van der Waals surface area (Å²) in [6.07, 6.45) is 6.24. The maximum absolute atomic E-state index is 12.5. The van der Waals surface area contributed by atoms with Gasteiger partial charge in [-0.3, -0.25) is 9.59 Å². The van der Waals surface area contributed by atoms with Crippen molar-refractivity contribution in [2.45, 2.75) is 44.6 Å². The van der Waals surface area contributed by atoms with Crippen molar-refractivity contribution < 1.29 is 23.9 Å². The molecule has 0 bridgehead atoms. The van der Waals surface area contributed by atoms with Crippen LogP contribution in [0.15, 0.2) is 22.8 Å². The number of nitrogens with zero attached hydrogens (tertiary/aromatic N) is 1. The van der Waals surface area contributed by atoms with Gasteiger partial charge in [0.15, 0.2) is 5.76 Å². The van der Waals surface area contributed by atoms with Crippen LogP contribution in [0.25, 0.3) is 0 Å². The Morgan fingerprint density at radius 2 is 2.08 bits per heavy atom. The van der Waals surface area contributed by atoms with Gasteiger partial charge in [0.2, 0.25) is 5.91 Å². The number of likely N-dealkylation sites (tertiary alicyclic amines) is 1. The molecule has 1 atom stereocenters. The smallest absolute Gasteiger partial charge is 0.326 e. The molecule has 1 spiro atoms. The summed E-state index contributed by atoms with van der Waals surface area (Å²) in [7, 11) is 0. The highest BCUT2D eigenvalue weighted by molar-refractivity contribution is 5.91. The zero-order valence-corrected chi connectivity index (χ0v) is 13.5. The minimum Gasteiger partial charge on any atom is -0.480 e. The van der Waals surface area contributed by atoms with Crippen molar-refractivity contribution in [1.82, 2.24) is 10.2 Å². The minimum absolute atomic E-state index is 0.0177. The highest BCUT2D eigenvalue weighted by Crippen LogP contribution is 2.47. The largest absolute Gasteiger partial charge is 0.480 e. The van der Waals surface area contributed by atoms with E-state index in [4.69, 9.17) is 4.42 Å². The molecule has 7 nitrogen and oxygen atoms in total. The standard InChI is InChI=1S/C17H22N2O5/c20-14(5-8-18-15(21)13-4-3-9-24-13)19-11-17(6-1-2-7-17)10-12(19)16(22)23/h3-4,9,12H,1-2,5-8,10-11H2,(H,18,21)(H,22,23). The molecule has 24 heavy (non-hydrogen) atoms. The number of carbonyl (C=O) groups is 3. The molecule has 1 saturated heterocycles. The van der Waals surface area contributed by atoms with E-state index in [1.54, 1.807) is 12.1 Å². The third-order valence-electron chi connectivity index (χ3n) is 5.15. The van der Waals surface area contributed by atoms with Crippen molar-refractivity contribution in [2.24, 2.45) is 5.41 Å². The molecule has 1 saturated carbocycles. The molecule has 7 heteroatoms. The lowest BCUT2D eigenvalue weighted by Crippen LogP contribution is -2.42. The van der Waals surface area contributed by atoms with Crippen LogP contribution in [-0.4, -0.2) is 46.9 Å². The second-order valence-electron chi connectivity index (χ2n) is 6.77. The maximum atomic E-state index is 12.5. The summed E-state index contributed by atoms with van der Waals surface area (Å²) < 4.78 is 4.98. The van der Waals surface area contributed by atoms with Gasteiger partial charge >= 0.3 is 5.97 Å². The average molecular weight is 334 g/mol. The number of aliphatic carboxylic acids is 1. The number of amides is 2. The van der Waals surface area contributed by atoms with E-state index in [1.807, 2.05) is 0 Å². The molecule has 1 aliphatic carbocycles. The second-order valence-corrected chi connectivity index (χ2v) is 6.77. The van der Waals surface area contributed by atoms with Crippen LogP contribution >= 0.6 is 0 Å². The van der Waals surface area contributed by atoms with Gasteiger partial charge in [-0.1, -0.05) is 12.8 Å². The van der Waals surface area contributed by atoms with Crippen LogP contribution in [0.3, 0.4) is 0 Å². The predicted octanol–water partition coefficient (Wildman–Crippen LogP) is 1.65. The number of carboxylic acids is 1. The first-order chi connectivity index (χ1) is 11.5. The van der Waals surface area contributed by atoms with E-state index in [0.29, 0.717) is 13.0 Å². The highest BCUT2D eigenvalue weighted by Gasteiger charge is 2.49. The van der Waals surface area contributed by atoms with Gasteiger partial charge in [0.25, 0.3) is 5.91 Å². The first-order valence-corrected chi connectivity index (χ1v) is 8.35. The maximum Gasteiger partial charge on any atom is 0.326 e. The third-order valence-corrected chi connectivity index (χ3v) is 5.15. The van der Waals surface area contributed by atoms with E-state index >= 15 is 0 Å². The van der Waals surface area contributed by atoms with Crippen LogP contribution in [0.1, 0.15) is 49.1 Å². The Kier molecular flexibility index (Phi) is 4.59. The Morgan fingerprint density at radius 1 is 1.33 bits per heavy atom. The van der Waals surface area contributed by atoms with E-state index in [2.05, 4.69) is 5.32 Å². The summed E-state index contributed by atoms with van der Waals surface area (Å²) in [5.74, 6) is -1.34. The number of nitrogens with one attached hydrogen (secondary N) is 1. The van der Waals surface area contributed by atoms with Crippen LogP contribution < -0.4 is 5.32 Å². The van der Waals surface area contributed by atoms with Gasteiger partial charge in [0.1, 0.15) is 6.04 Å². The fraction of sp³-hybridized carbons (Fsp3) is 0.588. The van der Waals surface area contributed by atoms with Gasteiger partial charge in [-0.25, -0.2) is 4.79 Å². The zero-order valence-electron chi connectivity index (χ0n) is 13.5. The number of carbonyl (C=O) groups excluding carboxylic acids is 2. The van der Waals surface area contributed by atoms with Gasteiger partial charge in [-0.15, -0.1) is 0 Å². The topological polar surface area (TPSA) is 99.9 Å². The van der Waals surface area contributed by atoms with Gasteiger partial charge in [-0.2, -0.15) is 0 Å². The zero-order chi connectivity index (χ0) is 17.2. The normalized spacial score (nSPS) is 22.0. The molecule has 0 aromatic carbocycles. The van der Waals surface area contributed by atoms with Gasteiger partial charge in [-0.05, 0) is 36.8 Å². The number of rotatable bonds is 5. The number of hydrogen-bond donors (Lipinski definition) is 2. The number of hydrogen-bond acceptors (Lipinski definition) is 4. The molecule has 2 fully saturated rings. The van der Waals surface area contributed by atoms with Crippen molar-refractivity contribution >= 4 is 17.8 Å². The number of carboxylic acid groups (broad SMARTS) is 1. The molecule has 1 aromatic heterocycles. The molecule has 130 valence electrons. The summed E-state index contributed by atoms with van der Waals surface area (Å²) >= 11 is 0. The third kappa shape index (κ3) is 3.29. The molecule has 1 aromatic rings. The molecular formula is C17H22N2O5. The summed E-state index contributed by atoms with van der Waals surface area (Å²) in [5, 5.41) is 12.1. The summed E-state index contributed by atoms with van der Waals surface area (Å²) in [4.78, 5) is 37.2. The van der Waals surface area contributed by atoms with Crippen molar-refractivity contribution in [3.63, 3.8) is 0 Å². The van der Waals surface area contributed by atoms with Gasteiger partial charge < -0.3 is 19.7 Å². The van der Waals surface area contributed by atoms with E-state index in [-0.39, 0.29) is 36.0 Å². The molecule has 1 unspecified atom stereocenters. The second kappa shape index (κ2) is 6.67. The van der Waals surface area contributed by atoms with E-state index in [1.165, 1.54) is 11.2 Å². The van der Waals surface area contributed by atoms with Crippen molar-refractivity contribution in [1.29, 1.82) is 0 Å². The highest BCUT2D eigenvalue weighted by atomic mass is 16.4. The summed E-state index contributed by atoms with van der Waals surface area (Å²) in [5.41, 5.74) is -0.0177. The first kappa shape index (κ1) is 16.5. The summed E-state index contributed by atoms with van der Waals surface area (Å²) in [6.45, 7) is 0.684. The molecule has 2 amide bonds. The van der Waals surface area contributed by atoms with E-state index in [9.17, 15) is 19.5 Å². The number of furan rings is 1. The molecule has 0 radical (unpaired) electrons. The fourth-order valence-electron chi connectivity index (χ4n) is 3.95. The van der Waals surface area contributed by atoms with Crippen molar-refractivity contribution in [3.05, 3.63) is 24.2 Å². The lowest BCUT2D eigenvalue weighted by Gasteiger charge is -2.24. The lowest BCUT2D eigenvalue weighted by molar-refractivity contribution is -0.148. The van der Waals surface area contributed by atoms with Crippen LogP contribution in [0.5, 0.6) is 0 Å². The van der Waals surface area contributed by atoms with Gasteiger partial charge in [0.05, 0.1) is 6.26 Å².